The van der Waals surface area contributed by atoms with Crippen molar-refractivity contribution in [1.29, 1.82) is 0 Å². The highest BCUT2D eigenvalue weighted by Crippen LogP contribution is 2.30. The number of aliphatic hydroxyl groups excluding tert-OH is 1. The molecule has 4 nitrogen and oxygen atoms in total. The highest BCUT2D eigenvalue weighted by molar-refractivity contribution is 9.10. The molecular weight excluding hydrogens is 292 g/mol. The molecule has 6 heteroatoms. The number of aliphatic hydroxyl groups is 1. The van der Waals surface area contributed by atoms with Gasteiger partial charge in [-0.15, -0.1) is 11.3 Å². The first-order chi connectivity index (χ1) is 7.72. The summed E-state index contributed by atoms with van der Waals surface area (Å²) in [4.78, 5) is 8.93. The Balaban J connectivity index is 2.33. The van der Waals surface area contributed by atoms with Gasteiger partial charge in [0.05, 0.1) is 23.2 Å². The first kappa shape index (κ1) is 11.5. The normalized spacial score (nSPS) is 12.4. The van der Waals surface area contributed by atoms with Crippen molar-refractivity contribution < 1.29 is 9.84 Å². The van der Waals surface area contributed by atoms with Crippen LogP contribution in [0.15, 0.2) is 28.3 Å². The van der Waals surface area contributed by atoms with Crippen molar-refractivity contribution in [3.63, 3.8) is 0 Å². The second kappa shape index (κ2) is 4.90. The van der Waals surface area contributed by atoms with E-state index >= 15 is 0 Å². The van der Waals surface area contributed by atoms with Crippen LogP contribution in [-0.4, -0.2) is 22.2 Å². The molecule has 16 heavy (non-hydrogen) atoms. The molecule has 2 aromatic rings. The fourth-order valence-corrected chi connectivity index (χ4v) is 2.66. The van der Waals surface area contributed by atoms with Gasteiger partial charge in [0.2, 0.25) is 5.88 Å². The Labute approximate surface area is 105 Å². The van der Waals surface area contributed by atoms with Crippen LogP contribution < -0.4 is 4.74 Å². The Morgan fingerprint density at radius 3 is 2.94 bits per heavy atom. The summed E-state index contributed by atoms with van der Waals surface area (Å²) < 4.78 is 5.65. The Kier molecular flexibility index (Phi) is 3.52. The molecule has 0 aliphatic heterocycles. The maximum Gasteiger partial charge on any atom is 0.213 e. The first-order valence-corrected chi connectivity index (χ1v) is 6.17. The lowest BCUT2D eigenvalue weighted by atomic mass is 10.2. The molecule has 2 heterocycles. The molecule has 0 aliphatic rings. The van der Waals surface area contributed by atoms with Crippen LogP contribution in [0, 0.1) is 0 Å². The number of pyridine rings is 1. The van der Waals surface area contributed by atoms with Gasteiger partial charge in [-0.2, -0.15) is 0 Å². The predicted octanol–water partition coefficient (Wildman–Crippen LogP) is 2.39. The molecule has 2 rings (SSSR count). The molecule has 1 atom stereocenters. The van der Waals surface area contributed by atoms with Gasteiger partial charge in [0.15, 0.2) is 0 Å². The van der Waals surface area contributed by atoms with Crippen LogP contribution in [0.5, 0.6) is 5.88 Å². The maximum absolute atomic E-state index is 10.1. The molecule has 0 aromatic carbocycles. The molecule has 84 valence electrons. The van der Waals surface area contributed by atoms with Crippen LogP contribution in [0.3, 0.4) is 0 Å². The number of halogens is 1. The van der Waals surface area contributed by atoms with E-state index in [1.54, 1.807) is 30.8 Å². The summed E-state index contributed by atoms with van der Waals surface area (Å²) in [6.07, 6.45) is -0.781. The molecular formula is C10H9BrN2O2S. The zero-order valence-corrected chi connectivity index (χ0v) is 10.8. The summed E-state index contributed by atoms with van der Waals surface area (Å²) in [7, 11) is 1.54. The SMILES string of the molecule is COc1cccc(C(O)c2scnc2Br)n1. The van der Waals surface area contributed by atoms with Crippen LogP contribution in [0.4, 0.5) is 0 Å². The molecule has 0 spiro atoms. The number of thiazole rings is 1. The van der Waals surface area contributed by atoms with Gasteiger partial charge in [-0.3, -0.25) is 0 Å². The third-order valence-electron chi connectivity index (χ3n) is 2.03. The Bertz CT molecular complexity index is 489. The van der Waals surface area contributed by atoms with Crippen LogP contribution >= 0.6 is 27.3 Å². The number of ether oxygens (including phenoxy) is 1. The van der Waals surface area contributed by atoms with E-state index in [0.29, 0.717) is 16.2 Å². The first-order valence-electron chi connectivity index (χ1n) is 4.50. The average molecular weight is 301 g/mol. The summed E-state index contributed by atoms with van der Waals surface area (Å²) >= 11 is 4.66. The molecule has 0 amide bonds. The zero-order chi connectivity index (χ0) is 11.5. The zero-order valence-electron chi connectivity index (χ0n) is 8.42. The second-order valence-electron chi connectivity index (χ2n) is 3.01. The van der Waals surface area contributed by atoms with E-state index in [4.69, 9.17) is 4.74 Å². The Morgan fingerprint density at radius 2 is 2.31 bits per heavy atom. The van der Waals surface area contributed by atoms with Crippen molar-refractivity contribution in [2.75, 3.05) is 7.11 Å². The van der Waals surface area contributed by atoms with E-state index in [1.807, 2.05) is 0 Å². The van der Waals surface area contributed by atoms with Crippen molar-refractivity contribution in [3.8, 4) is 5.88 Å². The number of methoxy groups -OCH3 is 1. The Morgan fingerprint density at radius 1 is 1.50 bits per heavy atom. The highest BCUT2D eigenvalue weighted by Gasteiger charge is 2.17. The lowest BCUT2D eigenvalue weighted by molar-refractivity contribution is 0.216. The van der Waals surface area contributed by atoms with Gasteiger partial charge in [-0.25, -0.2) is 9.97 Å². The molecule has 0 saturated carbocycles. The van der Waals surface area contributed by atoms with Crippen molar-refractivity contribution in [2.45, 2.75) is 6.10 Å². The summed E-state index contributed by atoms with van der Waals surface area (Å²) in [6.45, 7) is 0. The van der Waals surface area contributed by atoms with Gasteiger partial charge in [-0.05, 0) is 22.0 Å². The second-order valence-corrected chi connectivity index (χ2v) is 4.65. The minimum absolute atomic E-state index is 0.484. The van der Waals surface area contributed by atoms with Crippen molar-refractivity contribution in [1.82, 2.24) is 9.97 Å². The number of rotatable bonds is 3. The van der Waals surface area contributed by atoms with Gasteiger partial charge in [0.25, 0.3) is 0 Å². The van der Waals surface area contributed by atoms with Gasteiger partial charge < -0.3 is 9.84 Å². The predicted molar refractivity (Wildman–Crippen MR) is 64.7 cm³/mol. The van der Waals surface area contributed by atoms with Crippen molar-refractivity contribution in [2.24, 2.45) is 0 Å². The molecule has 0 aliphatic carbocycles. The molecule has 0 saturated heterocycles. The molecule has 0 bridgehead atoms. The maximum atomic E-state index is 10.1. The lowest BCUT2D eigenvalue weighted by Gasteiger charge is -2.09. The topological polar surface area (TPSA) is 55.2 Å². The number of hydrogen-bond acceptors (Lipinski definition) is 5. The van der Waals surface area contributed by atoms with E-state index in [0.717, 1.165) is 4.88 Å². The standard InChI is InChI=1S/C10H9BrN2O2S/c1-15-7-4-2-3-6(13-7)8(14)9-10(11)12-5-16-9/h2-5,8,14H,1H3. The largest absolute Gasteiger partial charge is 0.481 e. The summed E-state index contributed by atoms with van der Waals surface area (Å²) in [5.74, 6) is 0.484. The van der Waals surface area contributed by atoms with Crippen LogP contribution in [0.25, 0.3) is 0 Å². The number of hydrogen-bond donors (Lipinski definition) is 1. The third kappa shape index (κ3) is 2.23. The number of nitrogens with zero attached hydrogens (tertiary/aromatic N) is 2. The number of aromatic nitrogens is 2. The summed E-state index contributed by atoms with van der Waals surface area (Å²) in [6, 6.07) is 5.27. The summed E-state index contributed by atoms with van der Waals surface area (Å²) in [5.41, 5.74) is 2.22. The van der Waals surface area contributed by atoms with E-state index < -0.39 is 6.10 Å². The van der Waals surface area contributed by atoms with Gasteiger partial charge in [-0.1, -0.05) is 6.07 Å². The quantitative estimate of drug-likeness (QED) is 0.946. The van der Waals surface area contributed by atoms with E-state index in [1.165, 1.54) is 11.3 Å². The monoisotopic (exact) mass is 300 g/mol. The smallest absolute Gasteiger partial charge is 0.213 e. The molecule has 1 unspecified atom stereocenters. The van der Waals surface area contributed by atoms with Crippen molar-refractivity contribution in [3.05, 3.63) is 38.9 Å². The molecule has 2 aromatic heterocycles. The average Bonchev–Trinajstić information content (AvgIpc) is 2.74. The van der Waals surface area contributed by atoms with Gasteiger partial charge >= 0.3 is 0 Å². The fourth-order valence-electron chi connectivity index (χ4n) is 1.25. The third-order valence-corrected chi connectivity index (χ3v) is 3.81. The Hall–Kier alpha value is -0.980. The van der Waals surface area contributed by atoms with Crippen LogP contribution in [-0.2, 0) is 0 Å². The van der Waals surface area contributed by atoms with Crippen molar-refractivity contribution >= 4 is 27.3 Å². The molecule has 0 fully saturated rings. The van der Waals surface area contributed by atoms with Crippen LogP contribution in [0.1, 0.15) is 16.7 Å². The minimum Gasteiger partial charge on any atom is -0.481 e. The van der Waals surface area contributed by atoms with E-state index in [9.17, 15) is 5.11 Å². The van der Waals surface area contributed by atoms with Gasteiger partial charge in [0.1, 0.15) is 10.7 Å². The minimum atomic E-state index is -0.781. The van der Waals surface area contributed by atoms with E-state index in [-0.39, 0.29) is 0 Å². The molecule has 1 N–H and O–H groups in total. The van der Waals surface area contributed by atoms with Crippen LogP contribution in [0.2, 0.25) is 0 Å². The summed E-state index contributed by atoms with van der Waals surface area (Å²) in [5, 5.41) is 10.1. The van der Waals surface area contributed by atoms with E-state index in [2.05, 4.69) is 25.9 Å². The molecule has 0 radical (unpaired) electrons. The lowest BCUT2D eigenvalue weighted by Crippen LogP contribution is -2.02. The highest BCUT2D eigenvalue weighted by atomic mass is 79.9. The van der Waals surface area contributed by atoms with Gasteiger partial charge in [0, 0.05) is 6.07 Å². The fraction of sp³-hybridized carbons (Fsp3) is 0.200.